The molecule has 4 amide bonds. The first-order valence-electron chi connectivity index (χ1n) is 16.0. The summed E-state index contributed by atoms with van der Waals surface area (Å²) in [5.41, 5.74) is 0.488. The lowest BCUT2D eigenvalue weighted by Gasteiger charge is -2.40. The second-order valence-electron chi connectivity index (χ2n) is 11.9. The number of carboxylic acids is 1. The average molecular weight is 639 g/mol. The lowest BCUT2D eigenvalue weighted by atomic mass is 10.0. The summed E-state index contributed by atoms with van der Waals surface area (Å²) in [4.78, 5) is 72.5. The van der Waals surface area contributed by atoms with E-state index in [4.69, 9.17) is 9.47 Å². The number of hydrogen-bond acceptors (Lipinski definition) is 9. The summed E-state index contributed by atoms with van der Waals surface area (Å²) in [5, 5.41) is 16.0. The van der Waals surface area contributed by atoms with Gasteiger partial charge in [0.25, 0.3) is 11.8 Å². The van der Waals surface area contributed by atoms with Gasteiger partial charge in [-0.2, -0.15) is 0 Å². The summed E-state index contributed by atoms with van der Waals surface area (Å²) in [6.45, 7) is 4.33. The third-order valence-corrected chi connectivity index (χ3v) is 8.74. The Balaban J connectivity index is 1.22. The van der Waals surface area contributed by atoms with Crippen molar-refractivity contribution in [1.82, 2.24) is 30.3 Å². The Kier molecular flexibility index (Phi) is 10.9. The van der Waals surface area contributed by atoms with E-state index < -0.39 is 24.0 Å². The van der Waals surface area contributed by atoms with Crippen LogP contribution in [0.2, 0.25) is 0 Å². The number of rotatable bonds is 12. The Hall–Kier alpha value is -4.46. The standard InChI is InChI=1S/C32H42N6O8/c1-2-45-32(44)37-15-13-36(14-16-37)19-22(17-29(40)41)34-30(42)25-18-27(23-9-5-6-10-24(23)35-25)46-20-28(39)38-12-11-26(38)31(43)33-21-7-3-4-8-21/h5-6,9-10,18,21-22,26H,2-4,7-8,11-17,19-20H2,1H3,(H,33,43)(H,34,42)(H,40,41)/t22-,26-/m0/s1. The van der Waals surface area contributed by atoms with Crippen molar-refractivity contribution in [2.24, 2.45) is 0 Å². The molecule has 1 aromatic carbocycles. The molecular weight excluding hydrogens is 596 g/mol. The Bertz CT molecular complexity index is 1440. The molecule has 248 valence electrons. The summed E-state index contributed by atoms with van der Waals surface area (Å²) in [7, 11) is 0. The number of aliphatic carboxylic acids is 1. The summed E-state index contributed by atoms with van der Waals surface area (Å²) in [5.74, 6) is -1.82. The number of carboxylic acid groups (broad SMARTS) is 1. The monoisotopic (exact) mass is 638 g/mol. The van der Waals surface area contributed by atoms with E-state index in [-0.39, 0.29) is 61.6 Å². The number of piperazine rings is 1. The molecule has 3 fully saturated rings. The minimum atomic E-state index is -1.06. The van der Waals surface area contributed by atoms with Crippen LogP contribution in [0, 0.1) is 0 Å². The summed E-state index contributed by atoms with van der Waals surface area (Å²) >= 11 is 0. The highest BCUT2D eigenvalue weighted by molar-refractivity contribution is 5.97. The molecule has 14 nitrogen and oxygen atoms in total. The average Bonchev–Trinajstić information content (AvgIpc) is 3.52. The van der Waals surface area contributed by atoms with Crippen LogP contribution in [0.3, 0.4) is 0 Å². The van der Waals surface area contributed by atoms with Gasteiger partial charge in [-0.25, -0.2) is 9.78 Å². The largest absolute Gasteiger partial charge is 0.483 e. The molecule has 2 aliphatic heterocycles. The van der Waals surface area contributed by atoms with Gasteiger partial charge in [-0.3, -0.25) is 24.1 Å². The van der Waals surface area contributed by atoms with Crippen LogP contribution in [0.1, 0.15) is 55.9 Å². The topological polar surface area (TPSA) is 171 Å². The molecule has 0 radical (unpaired) electrons. The quantitative estimate of drug-likeness (QED) is 0.310. The number of para-hydroxylation sites is 1. The van der Waals surface area contributed by atoms with Crippen LogP contribution < -0.4 is 15.4 Å². The van der Waals surface area contributed by atoms with Gasteiger partial charge in [-0.15, -0.1) is 0 Å². The number of nitrogens with zero attached hydrogens (tertiary/aromatic N) is 4. The Morgan fingerprint density at radius 3 is 2.43 bits per heavy atom. The van der Waals surface area contributed by atoms with Crippen molar-refractivity contribution in [1.29, 1.82) is 0 Å². The van der Waals surface area contributed by atoms with Crippen LogP contribution >= 0.6 is 0 Å². The fraction of sp³-hybridized carbons (Fsp3) is 0.562. The Morgan fingerprint density at radius 2 is 1.76 bits per heavy atom. The van der Waals surface area contributed by atoms with Crippen molar-refractivity contribution < 1.29 is 38.6 Å². The predicted octanol–water partition coefficient (Wildman–Crippen LogP) is 1.62. The molecule has 3 aliphatic rings. The van der Waals surface area contributed by atoms with Crippen molar-refractivity contribution >= 4 is 40.7 Å². The summed E-state index contributed by atoms with van der Waals surface area (Å²) in [6.07, 6.45) is 4.04. The number of aromatic nitrogens is 1. The molecule has 1 aromatic heterocycles. The van der Waals surface area contributed by atoms with Crippen molar-refractivity contribution in [3.63, 3.8) is 0 Å². The van der Waals surface area contributed by atoms with E-state index in [1.807, 2.05) is 4.90 Å². The number of likely N-dealkylation sites (tertiary alicyclic amines) is 1. The van der Waals surface area contributed by atoms with E-state index >= 15 is 0 Å². The van der Waals surface area contributed by atoms with E-state index in [1.54, 1.807) is 36.1 Å². The fourth-order valence-electron chi connectivity index (χ4n) is 6.20. The van der Waals surface area contributed by atoms with Crippen molar-refractivity contribution in [2.45, 2.75) is 63.6 Å². The van der Waals surface area contributed by atoms with Crippen molar-refractivity contribution in [3.8, 4) is 5.75 Å². The molecular formula is C32H42N6O8. The molecule has 2 saturated heterocycles. The molecule has 3 N–H and O–H groups in total. The van der Waals surface area contributed by atoms with Gasteiger partial charge < -0.3 is 35.0 Å². The molecule has 5 rings (SSSR count). The Labute approximate surface area is 267 Å². The second kappa shape index (κ2) is 15.2. The van der Waals surface area contributed by atoms with Crippen LogP contribution in [0.25, 0.3) is 10.9 Å². The van der Waals surface area contributed by atoms with Crippen LogP contribution in [-0.2, 0) is 19.1 Å². The first kappa shape index (κ1) is 32.9. The van der Waals surface area contributed by atoms with Crippen molar-refractivity contribution in [3.05, 3.63) is 36.0 Å². The van der Waals surface area contributed by atoms with Gasteiger partial charge in [0.2, 0.25) is 5.91 Å². The number of carbonyl (C=O) groups is 5. The van der Waals surface area contributed by atoms with Crippen molar-refractivity contribution in [2.75, 3.05) is 52.5 Å². The molecule has 2 atom stereocenters. The SMILES string of the molecule is CCOC(=O)N1CCN(C[C@H](CC(=O)O)NC(=O)c2cc(OCC(=O)N3CC[C@H]3C(=O)NC3CCCC3)c3ccccc3n2)CC1. The number of ether oxygens (including phenoxy) is 2. The number of benzene rings is 1. The normalized spacial score (nSPS) is 19.3. The van der Waals surface area contributed by atoms with Gasteiger partial charge in [0.1, 0.15) is 17.5 Å². The minimum absolute atomic E-state index is 0.0152. The van der Waals surface area contributed by atoms with E-state index in [1.165, 1.54) is 11.0 Å². The third-order valence-electron chi connectivity index (χ3n) is 8.74. The highest BCUT2D eigenvalue weighted by atomic mass is 16.6. The highest BCUT2D eigenvalue weighted by Gasteiger charge is 2.38. The predicted molar refractivity (Wildman–Crippen MR) is 166 cm³/mol. The molecule has 0 bridgehead atoms. The maximum atomic E-state index is 13.4. The summed E-state index contributed by atoms with van der Waals surface area (Å²) in [6, 6.07) is 7.44. The lowest BCUT2D eigenvalue weighted by Crippen LogP contribution is -2.60. The number of fused-ring (bicyclic) bond motifs is 1. The first-order chi connectivity index (χ1) is 22.2. The maximum Gasteiger partial charge on any atom is 0.409 e. The molecule has 1 aliphatic carbocycles. The zero-order valence-corrected chi connectivity index (χ0v) is 26.1. The minimum Gasteiger partial charge on any atom is -0.483 e. The number of amides is 4. The Morgan fingerprint density at radius 1 is 1.02 bits per heavy atom. The number of nitrogens with one attached hydrogen (secondary N) is 2. The summed E-state index contributed by atoms with van der Waals surface area (Å²) < 4.78 is 11.0. The third kappa shape index (κ3) is 8.22. The first-order valence-corrected chi connectivity index (χ1v) is 16.0. The smallest absolute Gasteiger partial charge is 0.409 e. The zero-order valence-electron chi connectivity index (χ0n) is 26.1. The number of pyridine rings is 1. The fourth-order valence-corrected chi connectivity index (χ4v) is 6.20. The number of hydrogen-bond donors (Lipinski definition) is 3. The van der Waals surface area contributed by atoms with E-state index in [0.717, 1.165) is 25.7 Å². The van der Waals surface area contributed by atoms with Gasteiger partial charge in [0.15, 0.2) is 6.61 Å². The highest BCUT2D eigenvalue weighted by Crippen LogP contribution is 2.27. The van der Waals surface area contributed by atoms with E-state index in [9.17, 15) is 29.1 Å². The van der Waals surface area contributed by atoms with Crippen LogP contribution in [-0.4, -0.2) is 125 Å². The molecule has 0 spiro atoms. The zero-order chi connectivity index (χ0) is 32.6. The molecule has 46 heavy (non-hydrogen) atoms. The lowest BCUT2D eigenvalue weighted by molar-refractivity contribution is -0.149. The van der Waals surface area contributed by atoms with Crippen LogP contribution in [0.4, 0.5) is 4.79 Å². The molecule has 3 heterocycles. The second-order valence-corrected chi connectivity index (χ2v) is 11.9. The maximum absolute atomic E-state index is 13.4. The molecule has 1 saturated carbocycles. The van der Waals surface area contributed by atoms with Crippen LogP contribution in [0.5, 0.6) is 5.75 Å². The van der Waals surface area contributed by atoms with Gasteiger partial charge in [0.05, 0.1) is 24.6 Å². The molecule has 14 heteroatoms. The van der Waals surface area contributed by atoms with E-state index in [0.29, 0.717) is 50.0 Å². The van der Waals surface area contributed by atoms with E-state index in [2.05, 4.69) is 15.6 Å². The van der Waals surface area contributed by atoms with Gasteiger partial charge in [-0.05, 0) is 38.3 Å². The van der Waals surface area contributed by atoms with Crippen LogP contribution in [0.15, 0.2) is 30.3 Å². The molecule has 2 aromatic rings. The molecule has 0 unspecified atom stereocenters. The van der Waals surface area contributed by atoms with Gasteiger partial charge >= 0.3 is 12.1 Å². The number of carbonyl (C=O) groups excluding carboxylic acids is 4. The van der Waals surface area contributed by atoms with Gasteiger partial charge in [-0.1, -0.05) is 25.0 Å². The van der Waals surface area contributed by atoms with Gasteiger partial charge in [0, 0.05) is 56.8 Å².